The van der Waals surface area contributed by atoms with E-state index in [0.717, 1.165) is 6.42 Å². The lowest BCUT2D eigenvalue weighted by Gasteiger charge is -2.51. The first-order valence-corrected chi connectivity index (χ1v) is 6.70. The molecule has 0 aromatic rings. The highest BCUT2D eigenvalue weighted by Crippen LogP contribution is 2.50. The van der Waals surface area contributed by atoms with Gasteiger partial charge in [0.1, 0.15) is 5.60 Å². The Kier molecular flexibility index (Phi) is 4.48. The van der Waals surface area contributed by atoms with Crippen LogP contribution in [0, 0.1) is 17.3 Å². The van der Waals surface area contributed by atoms with Gasteiger partial charge in [-0.2, -0.15) is 0 Å². The SMILES string of the molecule is COC(=O)C1CC(C)CCC1(OC(N)=O)C(C)(C)C. The van der Waals surface area contributed by atoms with Gasteiger partial charge in [-0.1, -0.05) is 27.7 Å². The van der Waals surface area contributed by atoms with Gasteiger partial charge in [-0.3, -0.25) is 4.79 Å². The van der Waals surface area contributed by atoms with Gasteiger partial charge in [0.2, 0.25) is 0 Å². The standard InChI is InChI=1S/C14H25NO4/c1-9-6-7-14(13(2,3)4,19-12(15)17)10(8-9)11(16)18-5/h9-10H,6-8H2,1-5H3,(H2,15,17). The molecule has 0 aromatic carbocycles. The fourth-order valence-corrected chi connectivity index (χ4v) is 3.13. The molecular formula is C14H25NO4. The van der Waals surface area contributed by atoms with Gasteiger partial charge < -0.3 is 15.2 Å². The number of nitrogens with two attached hydrogens (primary N) is 1. The minimum Gasteiger partial charge on any atom is -0.469 e. The van der Waals surface area contributed by atoms with Crippen molar-refractivity contribution in [3.63, 3.8) is 0 Å². The summed E-state index contributed by atoms with van der Waals surface area (Å²) in [6.45, 7) is 7.97. The van der Waals surface area contributed by atoms with Gasteiger partial charge >= 0.3 is 12.1 Å². The predicted molar refractivity (Wildman–Crippen MR) is 71.4 cm³/mol. The van der Waals surface area contributed by atoms with E-state index in [1.54, 1.807) is 0 Å². The number of ether oxygens (including phenoxy) is 2. The number of hydrogen-bond donors (Lipinski definition) is 1. The molecular weight excluding hydrogens is 246 g/mol. The fraction of sp³-hybridized carbons (Fsp3) is 0.857. The quantitative estimate of drug-likeness (QED) is 0.782. The van der Waals surface area contributed by atoms with Gasteiger partial charge in [0.05, 0.1) is 13.0 Å². The van der Waals surface area contributed by atoms with Crippen LogP contribution >= 0.6 is 0 Å². The predicted octanol–water partition coefficient (Wildman–Crippen LogP) is 2.48. The molecule has 1 fully saturated rings. The van der Waals surface area contributed by atoms with Crippen molar-refractivity contribution < 1.29 is 19.1 Å². The summed E-state index contributed by atoms with van der Waals surface area (Å²) in [6, 6.07) is 0. The highest BCUT2D eigenvalue weighted by molar-refractivity contribution is 5.75. The first-order chi connectivity index (χ1) is 8.64. The van der Waals surface area contributed by atoms with E-state index in [0.29, 0.717) is 18.8 Å². The van der Waals surface area contributed by atoms with Gasteiger partial charge in [-0.05, 0) is 25.2 Å². The number of esters is 1. The molecule has 5 nitrogen and oxygen atoms in total. The van der Waals surface area contributed by atoms with Crippen molar-refractivity contribution in [3.05, 3.63) is 0 Å². The highest BCUT2D eigenvalue weighted by Gasteiger charge is 2.56. The Morgan fingerprint density at radius 3 is 2.32 bits per heavy atom. The molecule has 1 aliphatic rings. The van der Waals surface area contributed by atoms with Crippen LogP contribution in [0.2, 0.25) is 0 Å². The molecule has 110 valence electrons. The van der Waals surface area contributed by atoms with Crippen LogP contribution in [0.3, 0.4) is 0 Å². The van der Waals surface area contributed by atoms with E-state index in [2.05, 4.69) is 6.92 Å². The summed E-state index contributed by atoms with van der Waals surface area (Å²) in [4.78, 5) is 23.4. The molecule has 1 aliphatic carbocycles. The maximum atomic E-state index is 12.1. The molecule has 3 unspecified atom stereocenters. The van der Waals surface area contributed by atoms with Crippen molar-refractivity contribution >= 4 is 12.1 Å². The number of hydrogen-bond acceptors (Lipinski definition) is 4. The summed E-state index contributed by atoms with van der Waals surface area (Å²) < 4.78 is 10.4. The largest absolute Gasteiger partial charge is 0.469 e. The maximum Gasteiger partial charge on any atom is 0.405 e. The molecule has 0 bridgehead atoms. The van der Waals surface area contributed by atoms with Crippen LogP contribution in [0.5, 0.6) is 0 Å². The maximum absolute atomic E-state index is 12.1. The summed E-state index contributed by atoms with van der Waals surface area (Å²) in [7, 11) is 1.36. The van der Waals surface area contributed by atoms with E-state index in [4.69, 9.17) is 15.2 Å². The number of carbonyl (C=O) groups is 2. The van der Waals surface area contributed by atoms with E-state index in [9.17, 15) is 9.59 Å². The Morgan fingerprint density at radius 1 is 1.32 bits per heavy atom. The average Bonchev–Trinajstić information content (AvgIpc) is 2.28. The third kappa shape index (κ3) is 3.01. The van der Waals surface area contributed by atoms with Gasteiger partial charge in [0.25, 0.3) is 0 Å². The van der Waals surface area contributed by atoms with Crippen molar-refractivity contribution in [1.29, 1.82) is 0 Å². The van der Waals surface area contributed by atoms with Crippen LogP contribution in [0.1, 0.15) is 47.0 Å². The normalized spacial score (nSPS) is 31.6. The monoisotopic (exact) mass is 271 g/mol. The number of amides is 1. The summed E-state index contributed by atoms with van der Waals surface area (Å²) in [5, 5.41) is 0. The van der Waals surface area contributed by atoms with Crippen LogP contribution in [0.25, 0.3) is 0 Å². The van der Waals surface area contributed by atoms with Crippen LogP contribution in [-0.4, -0.2) is 24.8 Å². The van der Waals surface area contributed by atoms with Crippen molar-refractivity contribution in [2.24, 2.45) is 23.0 Å². The van der Waals surface area contributed by atoms with Gasteiger partial charge in [0.15, 0.2) is 0 Å². The molecule has 0 aromatic heterocycles. The second-order valence-corrected chi connectivity index (χ2v) is 6.52. The molecule has 1 amide bonds. The first-order valence-electron chi connectivity index (χ1n) is 6.70. The van der Waals surface area contributed by atoms with Gasteiger partial charge in [-0.25, -0.2) is 4.79 Å². The fourth-order valence-electron chi connectivity index (χ4n) is 3.13. The average molecular weight is 271 g/mol. The Morgan fingerprint density at radius 2 is 1.89 bits per heavy atom. The smallest absolute Gasteiger partial charge is 0.405 e. The van der Waals surface area contributed by atoms with Crippen LogP contribution in [-0.2, 0) is 14.3 Å². The molecule has 0 saturated heterocycles. The molecule has 0 aliphatic heterocycles. The summed E-state index contributed by atoms with van der Waals surface area (Å²) in [5.41, 5.74) is 3.95. The van der Waals surface area contributed by atoms with E-state index in [1.807, 2.05) is 20.8 Å². The van der Waals surface area contributed by atoms with E-state index in [1.165, 1.54) is 7.11 Å². The summed E-state index contributed by atoms with van der Waals surface area (Å²) in [5.74, 6) is -0.396. The van der Waals surface area contributed by atoms with Gasteiger partial charge in [-0.15, -0.1) is 0 Å². The van der Waals surface area contributed by atoms with E-state index >= 15 is 0 Å². The van der Waals surface area contributed by atoms with Crippen molar-refractivity contribution in [2.45, 2.75) is 52.6 Å². The minimum atomic E-state index is -0.890. The lowest BCUT2D eigenvalue weighted by Crippen LogP contribution is -2.58. The number of rotatable bonds is 2. The zero-order valence-electron chi connectivity index (χ0n) is 12.5. The molecule has 1 rings (SSSR count). The number of carbonyl (C=O) groups excluding carboxylic acids is 2. The lowest BCUT2D eigenvalue weighted by molar-refractivity contribution is -0.177. The van der Waals surface area contributed by atoms with Crippen LogP contribution in [0.15, 0.2) is 0 Å². The second kappa shape index (κ2) is 5.39. The third-order valence-electron chi connectivity index (χ3n) is 4.25. The molecule has 2 N–H and O–H groups in total. The number of primary amides is 1. The zero-order chi connectivity index (χ0) is 14.8. The van der Waals surface area contributed by atoms with Crippen molar-refractivity contribution in [3.8, 4) is 0 Å². The molecule has 0 radical (unpaired) electrons. The van der Waals surface area contributed by atoms with Crippen molar-refractivity contribution in [2.75, 3.05) is 7.11 Å². The second-order valence-electron chi connectivity index (χ2n) is 6.52. The Labute approximate surface area is 114 Å². The van der Waals surface area contributed by atoms with Crippen molar-refractivity contribution in [1.82, 2.24) is 0 Å². The highest BCUT2D eigenvalue weighted by atomic mass is 16.6. The minimum absolute atomic E-state index is 0.331. The van der Waals surface area contributed by atoms with Crippen LogP contribution in [0.4, 0.5) is 4.79 Å². The Balaban J connectivity index is 3.23. The summed E-state index contributed by atoms with van der Waals surface area (Å²) in [6.07, 6.45) is 1.34. The summed E-state index contributed by atoms with van der Waals surface area (Å²) >= 11 is 0. The number of methoxy groups -OCH3 is 1. The Hall–Kier alpha value is -1.26. The van der Waals surface area contributed by atoms with Crippen LogP contribution < -0.4 is 5.73 Å². The molecule has 5 heteroatoms. The molecule has 0 spiro atoms. The first kappa shape index (κ1) is 15.8. The van der Waals surface area contributed by atoms with E-state index in [-0.39, 0.29) is 11.4 Å². The molecule has 19 heavy (non-hydrogen) atoms. The molecule has 0 heterocycles. The topological polar surface area (TPSA) is 78.6 Å². The third-order valence-corrected chi connectivity index (χ3v) is 4.25. The van der Waals surface area contributed by atoms with Gasteiger partial charge in [0, 0.05) is 5.41 Å². The molecule has 3 atom stereocenters. The zero-order valence-corrected chi connectivity index (χ0v) is 12.5. The molecule has 1 saturated carbocycles. The Bertz CT molecular complexity index is 361. The lowest BCUT2D eigenvalue weighted by atomic mass is 9.60. The van der Waals surface area contributed by atoms with E-state index < -0.39 is 17.6 Å².